The highest BCUT2D eigenvalue weighted by Crippen LogP contribution is 2.45. The maximum atomic E-state index is 12.0. The lowest BCUT2D eigenvalue weighted by Crippen LogP contribution is -2.27. The number of carbonyl (C=O) groups excluding carboxylic acids is 1. The van der Waals surface area contributed by atoms with Gasteiger partial charge in [0.25, 0.3) is 0 Å². The Morgan fingerprint density at radius 1 is 0.667 bits per heavy atom. The van der Waals surface area contributed by atoms with Crippen LogP contribution in [0.4, 0.5) is 0 Å². The lowest BCUT2D eigenvalue weighted by Gasteiger charge is -2.22. The van der Waals surface area contributed by atoms with Crippen LogP contribution in [0.1, 0.15) is 73.6 Å². The topological polar surface area (TPSA) is 127 Å². The number of aliphatic hydroxyl groups excluding tert-OH is 1. The zero-order valence-electron chi connectivity index (χ0n) is 27.5. The number of hydrogen-bond acceptors (Lipinski definition) is 8. The Morgan fingerprint density at radius 2 is 1.04 bits per heavy atom. The zero-order valence-corrected chi connectivity index (χ0v) is 27.5. The van der Waals surface area contributed by atoms with E-state index in [1.807, 2.05) is 62.4 Å². The summed E-state index contributed by atoms with van der Waals surface area (Å²) in [4.78, 5) is 18.7. The molecule has 2 unspecified atom stereocenters. The predicted octanol–water partition coefficient (Wildman–Crippen LogP) is 5.59. The van der Waals surface area contributed by atoms with Crippen molar-refractivity contribution in [2.45, 2.75) is 63.5 Å². The number of ether oxygens (including phenoxy) is 2. The molecular weight excluding hydrogens is 604 g/mol. The Balaban J connectivity index is 0.000000188. The molecule has 4 aromatic rings. The SMILES string of the molecule is CCCC(C=O)N=C([O-])OCC1c2ccccc2-c2ccccc21.CCCC(CO)N=C([O-])OCC1c2ccccc2-c2ccccc21. The summed E-state index contributed by atoms with van der Waals surface area (Å²) in [5, 5.41) is 33.1. The van der Waals surface area contributed by atoms with E-state index in [-0.39, 0.29) is 37.7 Å². The van der Waals surface area contributed by atoms with Gasteiger partial charge >= 0.3 is 0 Å². The van der Waals surface area contributed by atoms with Gasteiger partial charge in [-0.15, -0.1) is 0 Å². The molecule has 48 heavy (non-hydrogen) atoms. The van der Waals surface area contributed by atoms with E-state index in [9.17, 15) is 20.1 Å². The van der Waals surface area contributed by atoms with Crippen LogP contribution >= 0.6 is 0 Å². The molecule has 0 spiro atoms. The number of rotatable bonds is 12. The first-order valence-corrected chi connectivity index (χ1v) is 16.7. The van der Waals surface area contributed by atoms with Gasteiger partial charge in [-0.25, -0.2) is 0 Å². The molecule has 0 heterocycles. The summed E-state index contributed by atoms with van der Waals surface area (Å²) in [6.45, 7) is 4.31. The van der Waals surface area contributed by atoms with E-state index in [1.54, 1.807) is 0 Å². The number of nitrogens with zero attached hydrogens (tertiary/aromatic N) is 2. The molecule has 0 saturated heterocycles. The van der Waals surface area contributed by atoms with Crippen molar-refractivity contribution in [2.24, 2.45) is 9.98 Å². The van der Waals surface area contributed by atoms with Crippen LogP contribution in [0.2, 0.25) is 0 Å². The first kappa shape index (κ1) is 34.4. The minimum absolute atomic E-state index is 0.0115. The number of fused-ring (bicyclic) bond motifs is 6. The Morgan fingerprint density at radius 3 is 1.40 bits per heavy atom. The molecule has 0 fully saturated rings. The molecule has 8 nitrogen and oxygen atoms in total. The third-order valence-corrected chi connectivity index (χ3v) is 8.81. The van der Waals surface area contributed by atoms with Crippen LogP contribution < -0.4 is 10.2 Å². The first-order valence-electron chi connectivity index (χ1n) is 16.7. The van der Waals surface area contributed by atoms with Gasteiger partial charge in [0.2, 0.25) is 0 Å². The number of benzene rings is 4. The van der Waals surface area contributed by atoms with Gasteiger partial charge in [0, 0.05) is 25.0 Å². The summed E-state index contributed by atoms with van der Waals surface area (Å²) in [5.74, 6) is 0.0488. The minimum Gasteiger partial charge on any atom is -0.599 e. The quantitative estimate of drug-likeness (QED) is 0.121. The van der Waals surface area contributed by atoms with Crippen molar-refractivity contribution in [3.8, 4) is 22.3 Å². The van der Waals surface area contributed by atoms with E-state index >= 15 is 0 Å². The van der Waals surface area contributed by atoms with Crippen LogP contribution in [-0.2, 0) is 14.3 Å². The molecule has 0 aliphatic heterocycles. The van der Waals surface area contributed by atoms with E-state index in [2.05, 4.69) is 58.5 Å². The van der Waals surface area contributed by atoms with Crippen molar-refractivity contribution in [3.05, 3.63) is 119 Å². The predicted molar refractivity (Wildman–Crippen MR) is 185 cm³/mol. The molecule has 250 valence electrons. The molecule has 1 N–H and O–H groups in total. The second-order valence-electron chi connectivity index (χ2n) is 12.0. The highest BCUT2D eigenvalue weighted by atomic mass is 16.6. The fourth-order valence-corrected chi connectivity index (χ4v) is 6.54. The lowest BCUT2D eigenvalue weighted by atomic mass is 9.98. The van der Waals surface area contributed by atoms with Crippen LogP contribution in [0.5, 0.6) is 0 Å². The maximum absolute atomic E-state index is 12.0. The van der Waals surface area contributed by atoms with E-state index in [0.29, 0.717) is 19.1 Å². The third-order valence-electron chi connectivity index (χ3n) is 8.81. The van der Waals surface area contributed by atoms with Gasteiger partial charge < -0.3 is 29.6 Å². The molecular formula is C40H42N2O6-2. The minimum atomic E-state index is -0.664. The first-order chi connectivity index (χ1) is 23.5. The van der Waals surface area contributed by atoms with E-state index in [0.717, 1.165) is 24.0 Å². The molecule has 0 saturated carbocycles. The molecule has 0 radical (unpaired) electrons. The highest BCUT2D eigenvalue weighted by Gasteiger charge is 2.28. The lowest BCUT2D eigenvalue weighted by molar-refractivity contribution is -0.252. The Kier molecular flexibility index (Phi) is 12.0. The Hall–Kier alpha value is -4.95. The van der Waals surface area contributed by atoms with Gasteiger partial charge in [0.1, 0.15) is 24.5 Å². The van der Waals surface area contributed by atoms with Gasteiger partial charge in [0.15, 0.2) is 0 Å². The largest absolute Gasteiger partial charge is 0.599 e. The van der Waals surface area contributed by atoms with Gasteiger partial charge in [-0.3, -0.25) is 9.98 Å². The summed E-state index contributed by atoms with van der Waals surface area (Å²) >= 11 is 0. The monoisotopic (exact) mass is 646 g/mol. The van der Waals surface area contributed by atoms with Crippen LogP contribution in [0.25, 0.3) is 22.3 Å². The summed E-state index contributed by atoms with van der Waals surface area (Å²) in [6.07, 6.45) is 2.35. The van der Waals surface area contributed by atoms with Gasteiger partial charge in [-0.2, -0.15) is 0 Å². The molecule has 8 heteroatoms. The van der Waals surface area contributed by atoms with Crippen LogP contribution in [-0.4, -0.2) is 55.5 Å². The van der Waals surface area contributed by atoms with Crippen molar-refractivity contribution in [3.63, 3.8) is 0 Å². The molecule has 2 aliphatic rings. The van der Waals surface area contributed by atoms with Crippen molar-refractivity contribution < 1.29 is 29.6 Å². The van der Waals surface area contributed by atoms with Crippen molar-refractivity contribution in [2.75, 3.05) is 19.8 Å². The Labute approximate surface area is 282 Å². The number of aliphatic imine (C=N–C) groups is 2. The van der Waals surface area contributed by atoms with Gasteiger partial charge in [0.05, 0.1) is 12.6 Å². The fourth-order valence-electron chi connectivity index (χ4n) is 6.54. The normalized spacial score (nSPS) is 14.9. The van der Waals surface area contributed by atoms with Crippen LogP contribution in [0, 0.1) is 0 Å². The molecule has 4 aromatic carbocycles. The van der Waals surface area contributed by atoms with E-state index < -0.39 is 18.2 Å². The molecule has 0 amide bonds. The maximum Gasteiger partial charge on any atom is 0.146 e. The average Bonchev–Trinajstić information content (AvgIpc) is 3.62. The van der Waals surface area contributed by atoms with Crippen molar-refractivity contribution in [1.29, 1.82) is 0 Å². The number of carbonyl (C=O) groups is 1. The van der Waals surface area contributed by atoms with Crippen LogP contribution in [0.15, 0.2) is 107 Å². The van der Waals surface area contributed by atoms with E-state index in [4.69, 9.17) is 9.47 Å². The van der Waals surface area contributed by atoms with Gasteiger partial charge in [-0.05, 0) is 57.3 Å². The number of hydrogen-bond donors (Lipinski definition) is 1. The molecule has 0 aromatic heterocycles. The smallest absolute Gasteiger partial charge is 0.146 e. The van der Waals surface area contributed by atoms with Crippen molar-refractivity contribution in [1.82, 2.24) is 0 Å². The molecule has 2 aliphatic carbocycles. The number of aliphatic hydroxyl groups is 1. The second kappa shape index (κ2) is 16.7. The summed E-state index contributed by atoms with van der Waals surface area (Å²) in [5.41, 5.74) is 9.44. The Bertz CT molecular complexity index is 1640. The highest BCUT2D eigenvalue weighted by molar-refractivity contribution is 5.80. The van der Waals surface area contributed by atoms with E-state index in [1.165, 1.54) is 33.4 Å². The standard InChI is InChI=1S/C20H23NO3.C20H21NO3/c2*1-2-7-14(12-22)21-20(23)24-13-19-17-10-5-3-8-15(17)16-9-4-6-11-18(16)19/h3-6,8-11,14,19,22H,2,7,12-13H2,1H3,(H,21,23);3-6,8-12,14,19H,2,7,13H2,1H3,(H,21,23)/p-2. The third kappa shape index (κ3) is 7.94. The summed E-state index contributed by atoms with van der Waals surface area (Å²) in [7, 11) is 0. The zero-order chi connectivity index (χ0) is 33.9. The molecule has 0 bridgehead atoms. The average molecular weight is 647 g/mol. The van der Waals surface area contributed by atoms with Crippen LogP contribution in [0.3, 0.4) is 0 Å². The van der Waals surface area contributed by atoms with Gasteiger partial charge in [-0.1, -0.05) is 124 Å². The fraction of sp³-hybridized carbons (Fsp3) is 0.325. The summed E-state index contributed by atoms with van der Waals surface area (Å²) < 4.78 is 10.8. The summed E-state index contributed by atoms with van der Waals surface area (Å²) in [6, 6.07) is 31.8. The molecule has 2 atom stereocenters. The number of aldehydes is 1. The van der Waals surface area contributed by atoms with Crippen molar-refractivity contribution >= 4 is 18.5 Å². The molecule has 6 rings (SSSR count). The second-order valence-corrected chi connectivity index (χ2v) is 12.0.